The molecule has 0 bridgehead atoms. The zero-order valence-corrected chi connectivity index (χ0v) is 7.78. The predicted molar refractivity (Wildman–Crippen MR) is 45.3 cm³/mol. The summed E-state index contributed by atoms with van der Waals surface area (Å²) in [5.74, 6) is -2.40. The van der Waals surface area contributed by atoms with Gasteiger partial charge in [-0.3, -0.25) is 9.59 Å². The van der Waals surface area contributed by atoms with E-state index in [9.17, 15) is 9.59 Å². The van der Waals surface area contributed by atoms with Crippen molar-refractivity contribution < 1.29 is 19.8 Å². The lowest BCUT2D eigenvalue weighted by molar-refractivity contribution is -0.149. The van der Waals surface area contributed by atoms with Crippen LogP contribution in [-0.4, -0.2) is 22.2 Å². The molecule has 0 spiro atoms. The van der Waals surface area contributed by atoms with Crippen LogP contribution < -0.4 is 0 Å². The maximum absolute atomic E-state index is 10.9. The molecule has 1 aliphatic carbocycles. The van der Waals surface area contributed by atoms with Crippen LogP contribution in [-0.2, 0) is 9.59 Å². The van der Waals surface area contributed by atoms with Crippen LogP contribution in [0, 0.1) is 17.3 Å². The quantitative estimate of drug-likeness (QED) is 0.692. The van der Waals surface area contributed by atoms with Gasteiger partial charge in [0.1, 0.15) is 0 Å². The Morgan fingerprint density at radius 1 is 1.46 bits per heavy atom. The lowest BCUT2D eigenvalue weighted by atomic mass is 9.92. The first-order valence-electron chi connectivity index (χ1n) is 4.36. The third-order valence-corrected chi connectivity index (χ3v) is 2.57. The molecule has 4 nitrogen and oxygen atoms in total. The number of hydrogen-bond acceptors (Lipinski definition) is 2. The second-order valence-electron chi connectivity index (χ2n) is 4.15. The first-order valence-corrected chi connectivity index (χ1v) is 4.36. The van der Waals surface area contributed by atoms with Gasteiger partial charge in [0.05, 0.1) is 11.3 Å². The number of aliphatic carboxylic acids is 2. The van der Waals surface area contributed by atoms with Gasteiger partial charge in [-0.1, -0.05) is 13.8 Å². The number of rotatable bonds is 4. The van der Waals surface area contributed by atoms with Crippen LogP contribution in [0.3, 0.4) is 0 Å². The molecule has 0 amide bonds. The van der Waals surface area contributed by atoms with Gasteiger partial charge in [0, 0.05) is 0 Å². The molecular weight excluding hydrogens is 172 g/mol. The van der Waals surface area contributed by atoms with Crippen LogP contribution >= 0.6 is 0 Å². The summed E-state index contributed by atoms with van der Waals surface area (Å²) in [6.07, 6.45) is 0.745. The third kappa shape index (κ3) is 1.66. The molecule has 0 aromatic rings. The van der Waals surface area contributed by atoms with Crippen molar-refractivity contribution in [1.82, 2.24) is 0 Å². The van der Waals surface area contributed by atoms with Gasteiger partial charge in [0.2, 0.25) is 0 Å². The van der Waals surface area contributed by atoms with Crippen molar-refractivity contribution in [3.8, 4) is 0 Å². The zero-order valence-electron chi connectivity index (χ0n) is 7.78. The van der Waals surface area contributed by atoms with E-state index in [0.29, 0.717) is 6.42 Å². The smallest absolute Gasteiger partial charge is 0.310 e. The van der Waals surface area contributed by atoms with Crippen molar-refractivity contribution in [3.05, 3.63) is 0 Å². The fourth-order valence-corrected chi connectivity index (χ4v) is 1.91. The number of hydrogen-bond donors (Lipinski definition) is 2. The Labute approximate surface area is 76.6 Å². The van der Waals surface area contributed by atoms with E-state index in [1.165, 1.54) is 0 Å². The minimum absolute atomic E-state index is 0.223. The normalized spacial score (nSPS) is 31.8. The first-order chi connectivity index (χ1) is 5.90. The van der Waals surface area contributed by atoms with E-state index in [1.807, 2.05) is 13.8 Å². The number of carboxylic acids is 2. The van der Waals surface area contributed by atoms with Crippen molar-refractivity contribution in [2.45, 2.75) is 26.7 Å². The van der Waals surface area contributed by atoms with Gasteiger partial charge in [-0.2, -0.15) is 0 Å². The first kappa shape index (κ1) is 10.0. The van der Waals surface area contributed by atoms with Gasteiger partial charge in [0.15, 0.2) is 0 Å². The molecule has 0 saturated heterocycles. The molecule has 13 heavy (non-hydrogen) atoms. The van der Waals surface area contributed by atoms with Crippen LogP contribution in [0.1, 0.15) is 26.7 Å². The second kappa shape index (κ2) is 3.01. The van der Waals surface area contributed by atoms with Crippen molar-refractivity contribution in [3.63, 3.8) is 0 Å². The van der Waals surface area contributed by atoms with E-state index < -0.39 is 23.3 Å². The van der Waals surface area contributed by atoms with Crippen LogP contribution in [0.15, 0.2) is 0 Å². The molecule has 0 aromatic heterocycles. The summed E-state index contributed by atoms with van der Waals surface area (Å²) in [5, 5.41) is 17.6. The second-order valence-corrected chi connectivity index (χ2v) is 4.15. The van der Waals surface area contributed by atoms with Gasteiger partial charge in [0.25, 0.3) is 0 Å². The van der Waals surface area contributed by atoms with Gasteiger partial charge in [-0.05, 0) is 18.8 Å². The van der Waals surface area contributed by atoms with E-state index in [4.69, 9.17) is 10.2 Å². The Balaban J connectivity index is 2.71. The fraction of sp³-hybridized carbons (Fsp3) is 0.778. The maximum Gasteiger partial charge on any atom is 0.310 e. The van der Waals surface area contributed by atoms with Gasteiger partial charge in [-0.15, -0.1) is 0 Å². The van der Waals surface area contributed by atoms with Crippen molar-refractivity contribution in [1.29, 1.82) is 0 Å². The number of carboxylic acid groups (broad SMARTS) is 2. The minimum Gasteiger partial charge on any atom is -0.481 e. The van der Waals surface area contributed by atoms with E-state index in [0.717, 1.165) is 0 Å². The lowest BCUT2D eigenvalue weighted by Gasteiger charge is -2.12. The molecule has 1 saturated carbocycles. The van der Waals surface area contributed by atoms with Crippen LogP contribution in [0.5, 0.6) is 0 Å². The largest absolute Gasteiger partial charge is 0.481 e. The van der Waals surface area contributed by atoms with Crippen LogP contribution in [0.4, 0.5) is 0 Å². The molecule has 2 unspecified atom stereocenters. The van der Waals surface area contributed by atoms with Crippen LogP contribution in [0.2, 0.25) is 0 Å². The summed E-state index contributed by atoms with van der Waals surface area (Å²) < 4.78 is 0. The van der Waals surface area contributed by atoms with Gasteiger partial charge in [-0.25, -0.2) is 0 Å². The molecule has 1 rings (SSSR count). The highest BCUT2D eigenvalue weighted by molar-refractivity contribution is 5.89. The molecule has 0 heterocycles. The van der Waals surface area contributed by atoms with Gasteiger partial charge < -0.3 is 10.2 Å². The SMILES string of the molecule is CC(C)CC1(C(=O)O)CC1C(=O)O. The molecule has 1 fully saturated rings. The standard InChI is InChI=1S/C9H14O4/c1-5(2)3-9(8(12)13)4-6(9)7(10)11/h5-6H,3-4H2,1-2H3,(H,10,11)(H,12,13). The molecule has 1 aliphatic rings. The summed E-state index contributed by atoms with van der Waals surface area (Å²) >= 11 is 0. The molecule has 2 N–H and O–H groups in total. The highest BCUT2D eigenvalue weighted by atomic mass is 16.4. The van der Waals surface area contributed by atoms with E-state index in [1.54, 1.807) is 0 Å². The summed E-state index contributed by atoms with van der Waals surface area (Å²) in [4.78, 5) is 21.5. The predicted octanol–water partition coefficient (Wildman–Crippen LogP) is 1.21. The highest BCUT2D eigenvalue weighted by Gasteiger charge is 2.64. The Morgan fingerprint density at radius 3 is 2.23 bits per heavy atom. The van der Waals surface area contributed by atoms with Crippen molar-refractivity contribution >= 4 is 11.9 Å². The summed E-state index contributed by atoms with van der Waals surface area (Å²) in [7, 11) is 0. The molecule has 2 atom stereocenters. The van der Waals surface area contributed by atoms with Crippen LogP contribution in [0.25, 0.3) is 0 Å². The lowest BCUT2D eigenvalue weighted by Crippen LogP contribution is -2.22. The Bertz CT molecular complexity index is 246. The van der Waals surface area contributed by atoms with E-state index in [-0.39, 0.29) is 12.3 Å². The third-order valence-electron chi connectivity index (χ3n) is 2.57. The average Bonchev–Trinajstić information content (AvgIpc) is 2.62. The molecule has 74 valence electrons. The number of carbonyl (C=O) groups is 2. The Morgan fingerprint density at radius 2 is 2.00 bits per heavy atom. The Hall–Kier alpha value is -1.06. The van der Waals surface area contributed by atoms with Crippen molar-refractivity contribution in [2.24, 2.45) is 17.3 Å². The monoisotopic (exact) mass is 186 g/mol. The summed E-state index contributed by atoms with van der Waals surface area (Å²) in [6, 6.07) is 0. The van der Waals surface area contributed by atoms with Crippen molar-refractivity contribution in [2.75, 3.05) is 0 Å². The van der Waals surface area contributed by atoms with E-state index >= 15 is 0 Å². The molecule has 0 radical (unpaired) electrons. The molecule has 0 aromatic carbocycles. The summed E-state index contributed by atoms with van der Waals surface area (Å²) in [5.41, 5.74) is -0.972. The highest BCUT2D eigenvalue weighted by Crippen LogP contribution is 2.56. The molecule has 0 aliphatic heterocycles. The minimum atomic E-state index is -0.983. The molecule has 4 heteroatoms. The Kier molecular flexibility index (Phi) is 2.32. The van der Waals surface area contributed by atoms with E-state index in [2.05, 4.69) is 0 Å². The zero-order chi connectivity index (χ0) is 10.2. The van der Waals surface area contributed by atoms with Gasteiger partial charge >= 0.3 is 11.9 Å². The maximum atomic E-state index is 10.9. The summed E-state index contributed by atoms with van der Waals surface area (Å²) in [6.45, 7) is 3.81. The molecular formula is C9H14O4. The average molecular weight is 186 g/mol. The topological polar surface area (TPSA) is 74.6 Å². The fourth-order valence-electron chi connectivity index (χ4n) is 1.91.